The average Bonchev–Trinajstić information content (AvgIpc) is 2.97. The number of benzene rings is 2. The predicted molar refractivity (Wildman–Crippen MR) is 101 cm³/mol. The van der Waals surface area contributed by atoms with E-state index in [9.17, 15) is 14.0 Å². The molecule has 1 aliphatic rings. The van der Waals surface area contributed by atoms with E-state index in [4.69, 9.17) is 5.73 Å². The smallest absolute Gasteiger partial charge is 0.249 e. The summed E-state index contributed by atoms with van der Waals surface area (Å²) < 4.78 is 13.9. The van der Waals surface area contributed by atoms with E-state index in [1.807, 2.05) is 30.3 Å². The summed E-state index contributed by atoms with van der Waals surface area (Å²) in [6.45, 7) is 0.360. The standard InChI is InChI=1S/C19H20FN3O2.ClH/c20-14-8-4-5-9-17(14)23-11-10-16(19(23)25)22-18(24)15(21)12-13-6-2-1-3-7-13;/h1-9,15-16H,10-12,21H2,(H,22,24);1H/t15-,16?;/m0./s1. The summed E-state index contributed by atoms with van der Waals surface area (Å²) in [6.07, 6.45) is 0.821. The minimum Gasteiger partial charge on any atom is -0.343 e. The van der Waals surface area contributed by atoms with Gasteiger partial charge in [-0.3, -0.25) is 9.59 Å². The molecule has 1 heterocycles. The number of carbonyl (C=O) groups excluding carboxylic acids is 2. The Morgan fingerprint density at radius 2 is 1.85 bits per heavy atom. The molecule has 0 aliphatic carbocycles. The number of rotatable bonds is 5. The first-order valence-corrected chi connectivity index (χ1v) is 8.22. The monoisotopic (exact) mass is 377 g/mol. The number of halogens is 2. The molecular formula is C19H21ClFN3O2. The zero-order valence-electron chi connectivity index (χ0n) is 14.1. The summed E-state index contributed by atoms with van der Waals surface area (Å²) in [4.78, 5) is 26.1. The molecule has 1 unspecified atom stereocenters. The molecule has 2 atom stereocenters. The van der Waals surface area contributed by atoms with Crippen LogP contribution in [0.3, 0.4) is 0 Å². The largest absolute Gasteiger partial charge is 0.343 e. The number of nitrogens with two attached hydrogens (primary N) is 1. The molecule has 3 N–H and O–H groups in total. The first-order valence-electron chi connectivity index (χ1n) is 8.22. The van der Waals surface area contributed by atoms with Gasteiger partial charge in [-0.2, -0.15) is 0 Å². The second-order valence-electron chi connectivity index (χ2n) is 6.09. The van der Waals surface area contributed by atoms with Crippen molar-refractivity contribution in [3.05, 3.63) is 66.0 Å². The molecular weight excluding hydrogens is 357 g/mol. The van der Waals surface area contributed by atoms with Gasteiger partial charge in [0.1, 0.15) is 11.9 Å². The summed E-state index contributed by atoms with van der Waals surface area (Å²) in [6, 6.07) is 14.1. The Morgan fingerprint density at radius 3 is 2.54 bits per heavy atom. The van der Waals surface area contributed by atoms with Crippen LogP contribution < -0.4 is 16.0 Å². The van der Waals surface area contributed by atoms with Crippen molar-refractivity contribution in [2.75, 3.05) is 11.4 Å². The third-order valence-electron chi connectivity index (χ3n) is 4.30. The van der Waals surface area contributed by atoms with Crippen molar-refractivity contribution in [3.63, 3.8) is 0 Å². The van der Waals surface area contributed by atoms with Crippen molar-refractivity contribution in [3.8, 4) is 0 Å². The van der Waals surface area contributed by atoms with Gasteiger partial charge in [-0.25, -0.2) is 4.39 Å². The molecule has 138 valence electrons. The van der Waals surface area contributed by atoms with Gasteiger partial charge in [-0.1, -0.05) is 42.5 Å². The minimum atomic E-state index is -0.738. The molecule has 1 saturated heterocycles. The first-order chi connectivity index (χ1) is 12.1. The molecule has 7 heteroatoms. The van der Waals surface area contributed by atoms with Gasteiger partial charge in [0.15, 0.2) is 0 Å². The van der Waals surface area contributed by atoms with Gasteiger partial charge in [-0.15, -0.1) is 12.4 Å². The summed E-state index contributed by atoms with van der Waals surface area (Å²) in [7, 11) is 0. The van der Waals surface area contributed by atoms with Crippen LogP contribution in [0.15, 0.2) is 54.6 Å². The van der Waals surface area contributed by atoms with Crippen molar-refractivity contribution >= 4 is 29.9 Å². The van der Waals surface area contributed by atoms with Crippen LogP contribution in [0.2, 0.25) is 0 Å². The van der Waals surface area contributed by atoms with Gasteiger partial charge in [0.25, 0.3) is 0 Å². The van der Waals surface area contributed by atoms with Crippen molar-refractivity contribution in [2.45, 2.75) is 24.9 Å². The highest BCUT2D eigenvalue weighted by molar-refractivity contribution is 6.01. The van der Waals surface area contributed by atoms with Gasteiger partial charge < -0.3 is 16.0 Å². The minimum absolute atomic E-state index is 0. The molecule has 0 aromatic heterocycles. The summed E-state index contributed by atoms with van der Waals surface area (Å²) in [5, 5.41) is 2.69. The van der Waals surface area contributed by atoms with E-state index in [1.165, 1.54) is 11.0 Å². The van der Waals surface area contributed by atoms with E-state index >= 15 is 0 Å². The number of nitrogens with one attached hydrogen (secondary N) is 1. The molecule has 2 amide bonds. The molecule has 0 radical (unpaired) electrons. The second-order valence-corrected chi connectivity index (χ2v) is 6.09. The molecule has 0 spiro atoms. The van der Waals surface area contributed by atoms with Crippen molar-refractivity contribution in [1.82, 2.24) is 5.32 Å². The molecule has 0 bridgehead atoms. The van der Waals surface area contributed by atoms with Crippen LogP contribution in [0.4, 0.5) is 10.1 Å². The van der Waals surface area contributed by atoms with Gasteiger partial charge in [0.2, 0.25) is 11.8 Å². The van der Waals surface area contributed by atoms with Crippen LogP contribution in [-0.2, 0) is 16.0 Å². The van der Waals surface area contributed by atoms with E-state index in [2.05, 4.69) is 5.32 Å². The molecule has 26 heavy (non-hydrogen) atoms. The Hall–Kier alpha value is -2.44. The Morgan fingerprint density at radius 1 is 1.19 bits per heavy atom. The highest BCUT2D eigenvalue weighted by Gasteiger charge is 2.35. The molecule has 1 aliphatic heterocycles. The Kier molecular flexibility index (Phi) is 6.71. The van der Waals surface area contributed by atoms with Crippen LogP contribution in [-0.4, -0.2) is 30.4 Å². The van der Waals surface area contributed by atoms with Gasteiger partial charge in [0, 0.05) is 6.54 Å². The van der Waals surface area contributed by atoms with Crippen LogP contribution in [0.1, 0.15) is 12.0 Å². The summed E-state index contributed by atoms with van der Waals surface area (Å²) >= 11 is 0. The molecule has 1 fully saturated rings. The predicted octanol–water partition coefficient (Wildman–Crippen LogP) is 2.04. The van der Waals surface area contributed by atoms with Crippen molar-refractivity contribution in [2.24, 2.45) is 5.73 Å². The molecule has 3 rings (SSSR count). The Labute approximate surface area is 157 Å². The lowest BCUT2D eigenvalue weighted by Crippen LogP contribution is -2.49. The van der Waals surface area contributed by atoms with E-state index < -0.39 is 17.9 Å². The lowest BCUT2D eigenvalue weighted by Gasteiger charge is -2.19. The molecule has 5 nitrogen and oxygen atoms in total. The van der Waals surface area contributed by atoms with Crippen LogP contribution in [0.25, 0.3) is 0 Å². The van der Waals surface area contributed by atoms with Crippen LogP contribution in [0.5, 0.6) is 0 Å². The fourth-order valence-corrected chi connectivity index (χ4v) is 2.96. The van der Waals surface area contributed by atoms with Crippen molar-refractivity contribution < 1.29 is 14.0 Å². The highest BCUT2D eigenvalue weighted by Crippen LogP contribution is 2.24. The van der Waals surface area contributed by atoms with Crippen LogP contribution >= 0.6 is 12.4 Å². The normalized spacial score (nSPS) is 17.5. The average molecular weight is 378 g/mol. The zero-order chi connectivity index (χ0) is 17.8. The fraction of sp³-hybridized carbons (Fsp3) is 0.263. The second kappa shape index (κ2) is 8.78. The SMILES string of the molecule is Cl.N[C@@H](Cc1ccccc1)C(=O)NC1CCN(c2ccccc2F)C1=O. The molecule has 2 aromatic rings. The highest BCUT2D eigenvalue weighted by atomic mass is 35.5. The quantitative estimate of drug-likeness (QED) is 0.837. The number of hydrogen-bond donors (Lipinski definition) is 2. The lowest BCUT2D eigenvalue weighted by molar-refractivity contribution is -0.127. The van der Waals surface area contributed by atoms with Gasteiger partial charge >= 0.3 is 0 Å². The fourth-order valence-electron chi connectivity index (χ4n) is 2.96. The summed E-state index contributed by atoms with van der Waals surface area (Å²) in [5.74, 6) is -1.15. The number of para-hydroxylation sites is 1. The van der Waals surface area contributed by atoms with E-state index in [1.54, 1.807) is 18.2 Å². The lowest BCUT2D eigenvalue weighted by atomic mass is 10.1. The number of carbonyl (C=O) groups is 2. The topological polar surface area (TPSA) is 75.4 Å². The van der Waals surface area contributed by atoms with Crippen molar-refractivity contribution in [1.29, 1.82) is 0 Å². The molecule has 2 aromatic carbocycles. The van der Waals surface area contributed by atoms with E-state index in [0.717, 1.165) is 5.56 Å². The van der Waals surface area contributed by atoms with Gasteiger partial charge in [-0.05, 0) is 30.5 Å². The maximum Gasteiger partial charge on any atom is 0.249 e. The maximum atomic E-state index is 13.9. The Bertz CT molecular complexity index is 772. The zero-order valence-corrected chi connectivity index (χ0v) is 14.9. The third-order valence-corrected chi connectivity index (χ3v) is 4.30. The summed E-state index contributed by atoms with van der Waals surface area (Å²) in [5.41, 5.74) is 7.13. The van der Waals surface area contributed by atoms with Crippen LogP contribution in [0, 0.1) is 5.82 Å². The number of nitrogens with zero attached hydrogens (tertiary/aromatic N) is 1. The Balaban J connectivity index is 0.00000243. The molecule has 0 saturated carbocycles. The van der Waals surface area contributed by atoms with E-state index in [0.29, 0.717) is 19.4 Å². The number of anilines is 1. The number of hydrogen-bond acceptors (Lipinski definition) is 3. The maximum absolute atomic E-state index is 13.9. The first kappa shape index (κ1) is 19.9. The van der Waals surface area contributed by atoms with E-state index in [-0.39, 0.29) is 29.9 Å². The van der Waals surface area contributed by atoms with Gasteiger partial charge in [0.05, 0.1) is 11.7 Å². The number of amides is 2. The third kappa shape index (κ3) is 4.39.